The first-order valence-electron chi connectivity index (χ1n) is 7.35. The Balaban J connectivity index is 0.000000615. The molecule has 5 nitrogen and oxygen atoms in total. The van der Waals surface area contributed by atoms with Gasteiger partial charge in [0.05, 0.1) is 0 Å². The Kier molecular flexibility index (Phi) is 7.14. The van der Waals surface area contributed by atoms with E-state index < -0.39 is 6.04 Å². The van der Waals surface area contributed by atoms with Crippen LogP contribution in [-0.2, 0) is 37.2 Å². The predicted molar refractivity (Wildman–Crippen MR) is 81.6 cm³/mol. The summed E-state index contributed by atoms with van der Waals surface area (Å²) in [7, 11) is 1.47. The van der Waals surface area contributed by atoms with Gasteiger partial charge in [-0.1, -0.05) is 5.56 Å². The fourth-order valence-electron chi connectivity index (χ4n) is 2.65. The van der Waals surface area contributed by atoms with Crippen LogP contribution in [0.3, 0.4) is 0 Å². The predicted octanol–water partition coefficient (Wildman–Crippen LogP) is 1.82. The van der Waals surface area contributed by atoms with Crippen LogP contribution in [0.4, 0.5) is 0 Å². The number of hydrogen-bond acceptors (Lipinski definition) is 3. The van der Waals surface area contributed by atoms with Gasteiger partial charge in [-0.25, -0.2) is 0 Å². The SMILES string of the molecule is CN1C(=O)CCC(N2Cc3c[c-]ccc3C2=O)C1=O.C[CH-]C.[W+2]. The summed E-state index contributed by atoms with van der Waals surface area (Å²) in [6.07, 6.45) is 2.71. The van der Waals surface area contributed by atoms with Gasteiger partial charge in [0.1, 0.15) is 6.04 Å². The number of carbonyl (C=O) groups excluding carboxylic acids is 3. The van der Waals surface area contributed by atoms with Gasteiger partial charge >= 0.3 is 21.1 Å². The third kappa shape index (κ3) is 3.89. The maximum absolute atomic E-state index is 12.3. The van der Waals surface area contributed by atoms with Gasteiger partial charge in [-0.05, 0) is 6.42 Å². The molecular weight excluding hydrogens is 464 g/mol. The molecular formula is C17H20N2O3W. The number of piperidine rings is 1. The molecule has 2 aliphatic rings. The molecule has 1 fully saturated rings. The monoisotopic (exact) mass is 484 g/mol. The van der Waals surface area contributed by atoms with Crippen molar-refractivity contribution in [2.24, 2.45) is 0 Å². The average molecular weight is 484 g/mol. The van der Waals surface area contributed by atoms with Gasteiger partial charge in [0, 0.05) is 20.0 Å². The Morgan fingerprint density at radius 2 is 1.91 bits per heavy atom. The molecule has 0 radical (unpaired) electrons. The molecule has 1 atom stereocenters. The molecule has 3 amide bonds. The van der Waals surface area contributed by atoms with E-state index in [1.807, 2.05) is 20.3 Å². The molecule has 1 saturated heterocycles. The van der Waals surface area contributed by atoms with E-state index in [1.165, 1.54) is 7.05 Å². The van der Waals surface area contributed by atoms with Gasteiger partial charge in [0.2, 0.25) is 11.8 Å². The van der Waals surface area contributed by atoms with Crippen LogP contribution in [0.25, 0.3) is 0 Å². The van der Waals surface area contributed by atoms with Crippen LogP contribution in [0.5, 0.6) is 0 Å². The third-order valence-corrected chi connectivity index (χ3v) is 3.78. The first-order valence-corrected chi connectivity index (χ1v) is 7.35. The van der Waals surface area contributed by atoms with Gasteiger partial charge in [0.25, 0.3) is 5.91 Å². The van der Waals surface area contributed by atoms with Crippen molar-refractivity contribution in [3.05, 3.63) is 41.8 Å². The fourth-order valence-corrected chi connectivity index (χ4v) is 2.65. The van der Waals surface area contributed by atoms with E-state index in [9.17, 15) is 14.4 Å². The molecule has 0 bridgehead atoms. The second-order valence-corrected chi connectivity index (χ2v) is 5.44. The summed E-state index contributed by atoms with van der Waals surface area (Å²) in [6.45, 7) is 4.42. The molecule has 0 N–H and O–H groups in total. The summed E-state index contributed by atoms with van der Waals surface area (Å²) in [5, 5.41) is 0. The molecule has 6 heteroatoms. The minimum atomic E-state index is -0.525. The smallest absolute Gasteiger partial charge is 0.335 e. The molecule has 2 heterocycles. The number of hydrogen-bond donors (Lipinski definition) is 0. The Morgan fingerprint density at radius 1 is 1.26 bits per heavy atom. The Bertz CT molecular complexity index is 603. The molecule has 122 valence electrons. The average Bonchev–Trinajstić information content (AvgIpc) is 2.83. The summed E-state index contributed by atoms with van der Waals surface area (Å²) in [6, 6.07) is 7.60. The van der Waals surface area contributed by atoms with E-state index in [0.29, 0.717) is 24.9 Å². The van der Waals surface area contributed by atoms with Crippen molar-refractivity contribution in [3.63, 3.8) is 0 Å². The first-order chi connectivity index (χ1) is 10.5. The van der Waals surface area contributed by atoms with Gasteiger partial charge < -0.3 is 11.3 Å². The van der Waals surface area contributed by atoms with Gasteiger partial charge in [-0.15, -0.1) is 5.56 Å². The maximum atomic E-state index is 12.3. The van der Waals surface area contributed by atoms with Crippen molar-refractivity contribution >= 4 is 17.7 Å². The number of amides is 3. The Labute approximate surface area is 151 Å². The van der Waals surface area contributed by atoms with E-state index in [-0.39, 0.29) is 38.8 Å². The number of benzene rings is 1. The van der Waals surface area contributed by atoms with Crippen LogP contribution in [0, 0.1) is 12.5 Å². The normalized spacial score (nSPS) is 19.8. The molecule has 1 aromatic rings. The quantitative estimate of drug-likeness (QED) is 0.452. The number of likely N-dealkylation sites (N-methyl/N-ethyl adjacent to an activating group) is 1. The number of rotatable bonds is 1. The van der Waals surface area contributed by atoms with Crippen LogP contribution in [0.1, 0.15) is 42.6 Å². The van der Waals surface area contributed by atoms with Gasteiger partial charge in [-0.3, -0.25) is 19.3 Å². The van der Waals surface area contributed by atoms with E-state index >= 15 is 0 Å². The van der Waals surface area contributed by atoms with Crippen LogP contribution in [-0.4, -0.2) is 40.6 Å². The van der Waals surface area contributed by atoms with Crippen molar-refractivity contribution in [3.8, 4) is 0 Å². The van der Waals surface area contributed by atoms with Crippen molar-refractivity contribution in [1.29, 1.82) is 0 Å². The molecule has 1 unspecified atom stereocenters. The molecule has 1 aromatic carbocycles. The zero-order chi connectivity index (χ0) is 16.3. The maximum Gasteiger partial charge on any atom is 2.00 e. The summed E-state index contributed by atoms with van der Waals surface area (Å²) in [5.41, 5.74) is 1.52. The second kappa shape index (κ2) is 8.39. The van der Waals surface area contributed by atoms with Crippen molar-refractivity contribution in [2.45, 2.75) is 39.3 Å². The number of fused-ring (bicyclic) bond motifs is 1. The second-order valence-electron chi connectivity index (χ2n) is 5.44. The first kappa shape index (κ1) is 19.6. The standard InChI is InChI=1S/C14H13N2O3.C3H7.W/c1-15-12(17)7-6-11(14(15)19)16-8-9-4-2-3-5-10(9)13(16)18;1-3-2;/h3-5,11H,6-8H2,1H3;3H,1-2H3;/q2*-1;+2. The minimum absolute atomic E-state index is 0. The third-order valence-electron chi connectivity index (χ3n) is 3.78. The van der Waals surface area contributed by atoms with E-state index in [2.05, 4.69) is 6.07 Å². The molecule has 0 aromatic heterocycles. The van der Waals surface area contributed by atoms with Gasteiger partial charge in [-0.2, -0.15) is 38.1 Å². The van der Waals surface area contributed by atoms with E-state index in [0.717, 1.165) is 10.5 Å². The summed E-state index contributed by atoms with van der Waals surface area (Å²) in [4.78, 5) is 38.6. The van der Waals surface area contributed by atoms with Gasteiger partial charge in [0.15, 0.2) is 0 Å². The summed E-state index contributed by atoms with van der Waals surface area (Å²) >= 11 is 0. The Hall–Kier alpha value is -1.48. The van der Waals surface area contributed by atoms with Crippen LogP contribution in [0.2, 0.25) is 0 Å². The molecule has 0 aliphatic carbocycles. The zero-order valence-corrected chi connectivity index (χ0v) is 16.5. The fraction of sp³-hybridized carbons (Fsp3) is 0.412. The molecule has 0 saturated carbocycles. The van der Waals surface area contributed by atoms with Crippen molar-refractivity contribution in [2.75, 3.05) is 7.05 Å². The molecule has 3 rings (SSSR count). The van der Waals surface area contributed by atoms with Crippen LogP contribution >= 0.6 is 0 Å². The molecule has 0 spiro atoms. The topological polar surface area (TPSA) is 57.7 Å². The van der Waals surface area contributed by atoms with E-state index in [1.54, 1.807) is 23.1 Å². The minimum Gasteiger partial charge on any atom is -0.335 e. The number of nitrogens with zero attached hydrogens (tertiary/aromatic N) is 2. The van der Waals surface area contributed by atoms with Crippen molar-refractivity contribution in [1.82, 2.24) is 9.80 Å². The number of likely N-dealkylation sites (tertiary alicyclic amines) is 1. The van der Waals surface area contributed by atoms with Crippen molar-refractivity contribution < 1.29 is 35.4 Å². The number of carbonyl (C=O) groups is 3. The van der Waals surface area contributed by atoms with E-state index in [4.69, 9.17) is 0 Å². The number of imide groups is 1. The summed E-state index contributed by atoms with van der Waals surface area (Å²) < 4.78 is 0. The largest absolute Gasteiger partial charge is 2.00 e. The van der Waals surface area contributed by atoms with Crippen LogP contribution in [0.15, 0.2) is 18.2 Å². The van der Waals surface area contributed by atoms with Crippen LogP contribution < -0.4 is 0 Å². The Morgan fingerprint density at radius 3 is 2.52 bits per heavy atom. The summed E-state index contributed by atoms with van der Waals surface area (Å²) in [5.74, 6) is -0.606. The molecule has 2 aliphatic heterocycles. The zero-order valence-electron chi connectivity index (χ0n) is 13.5. The molecule has 23 heavy (non-hydrogen) atoms.